The predicted octanol–water partition coefficient (Wildman–Crippen LogP) is 2.59. The van der Waals surface area contributed by atoms with Crippen molar-refractivity contribution in [2.45, 2.75) is 6.54 Å². The normalized spacial score (nSPS) is 15.0. The third-order valence-electron chi connectivity index (χ3n) is 3.61. The quantitative estimate of drug-likeness (QED) is 0.940. The fourth-order valence-electron chi connectivity index (χ4n) is 2.49. The summed E-state index contributed by atoms with van der Waals surface area (Å²) in [6, 6.07) is 9.83. The van der Waals surface area contributed by atoms with Crippen LogP contribution in [-0.4, -0.2) is 35.3 Å². The first-order valence-corrected chi connectivity index (χ1v) is 7.17. The molecule has 2 aromatic rings. The maximum absolute atomic E-state index is 9.56. The standard InChI is InChI=1S/C17H19N3O2/c1-22-17-5-3-14(4-6-17)12-19-7-2-8-20(13-19)15-9-16(21)11-18-10-15/h2-6,8-11,21H,7,12-13H2,1H3. The Labute approximate surface area is 130 Å². The van der Waals surface area contributed by atoms with Gasteiger partial charge >= 0.3 is 0 Å². The van der Waals surface area contributed by atoms with Gasteiger partial charge < -0.3 is 14.7 Å². The summed E-state index contributed by atoms with van der Waals surface area (Å²) >= 11 is 0. The van der Waals surface area contributed by atoms with Crippen LogP contribution >= 0.6 is 0 Å². The van der Waals surface area contributed by atoms with Crippen LogP contribution in [0.5, 0.6) is 11.5 Å². The molecule has 5 heteroatoms. The number of aromatic hydroxyl groups is 1. The van der Waals surface area contributed by atoms with Crippen LogP contribution in [0.2, 0.25) is 0 Å². The van der Waals surface area contributed by atoms with Crippen LogP contribution < -0.4 is 9.64 Å². The van der Waals surface area contributed by atoms with Crippen molar-refractivity contribution in [3.05, 3.63) is 60.6 Å². The van der Waals surface area contributed by atoms with E-state index in [-0.39, 0.29) is 5.75 Å². The number of rotatable bonds is 4. The third kappa shape index (κ3) is 3.38. The number of hydrogen-bond acceptors (Lipinski definition) is 5. The van der Waals surface area contributed by atoms with E-state index in [2.05, 4.69) is 33.0 Å². The molecule has 1 aromatic heterocycles. The van der Waals surface area contributed by atoms with E-state index in [0.717, 1.165) is 31.2 Å². The molecule has 1 aromatic carbocycles. The molecule has 0 radical (unpaired) electrons. The Bertz CT molecular complexity index is 655. The van der Waals surface area contributed by atoms with Crippen LogP contribution in [0.25, 0.3) is 0 Å². The van der Waals surface area contributed by atoms with Crippen LogP contribution in [0.3, 0.4) is 0 Å². The summed E-state index contributed by atoms with van der Waals surface area (Å²) in [5.41, 5.74) is 2.13. The summed E-state index contributed by atoms with van der Waals surface area (Å²) in [6.07, 6.45) is 7.32. The van der Waals surface area contributed by atoms with Crippen molar-refractivity contribution in [3.63, 3.8) is 0 Å². The van der Waals surface area contributed by atoms with Gasteiger partial charge in [0.05, 0.1) is 31.9 Å². The monoisotopic (exact) mass is 297 g/mol. The minimum Gasteiger partial charge on any atom is -0.506 e. The molecule has 0 amide bonds. The van der Waals surface area contributed by atoms with Crippen molar-refractivity contribution in [2.75, 3.05) is 25.2 Å². The molecule has 1 aliphatic heterocycles. The van der Waals surface area contributed by atoms with Gasteiger partial charge in [0.15, 0.2) is 0 Å². The Morgan fingerprint density at radius 2 is 2.05 bits per heavy atom. The highest BCUT2D eigenvalue weighted by Gasteiger charge is 2.14. The maximum atomic E-state index is 9.56. The van der Waals surface area contributed by atoms with Crippen LogP contribution in [0.4, 0.5) is 5.69 Å². The highest BCUT2D eigenvalue weighted by atomic mass is 16.5. The molecule has 0 atom stereocenters. The average molecular weight is 297 g/mol. The third-order valence-corrected chi connectivity index (χ3v) is 3.61. The van der Waals surface area contributed by atoms with Crippen molar-refractivity contribution >= 4 is 5.69 Å². The molecule has 0 saturated heterocycles. The lowest BCUT2D eigenvalue weighted by Crippen LogP contribution is -2.38. The Hall–Kier alpha value is -2.53. The zero-order valence-electron chi connectivity index (χ0n) is 12.5. The Morgan fingerprint density at radius 3 is 2.77 bits per heavy atom. The number of ether oxygens (including phenoxy) is 1. The van der Waals surface area contributed by atoms with E-state index < -0.39 is 0 Å². The van der Waals surface area contributed by atoms with Gasteiger partial charge in [-0.3, -0.25) is 9.88 Å². The smallest absolute Gasteiger partial charge is 0.135 e. The first-order valence-electron chi connectivity index (χ1n) is 7.17. The van der Waals surface area contributed by atoms with Gasteiger partial charge in [-0.05, 0) is 17.7 Å². The second-order valence-electron chi connectivity index (χ2n) is 5.26. The van der Waals surface area contributed by atoms with Gasteiger partial charge in [-0.25, -0.2) is 0 Å². The number of nitrogens with zero attached hydrogens (tertiary/aromatic N) is 3. The van der Waals surface area contributed by atoms with E-state index in [1.807, 2.05) is 18.3 Å². The molecule has 22 heavy (non-hydrogen) atoms. The van der Waals surface area contributed by atoms with Crippen LogP contribution in [0.1, 0.15) is 5.56 Å². The molecule has 5 nitrogen and oxygen atoms in total. The minimum absolute atomic E-state index is 0.179. The number of anilines is 1. The SMILES string of the molecule is COc1ccc(CN2CC=CN(c3cncc(O)c3)C2)cc1. The first kappa shape index (κ1) is 14.4. The number of pyridine rings is 1. The largest absolute Gasteiger partial charge is 0.506 e. The average Bonchev–Trinajstić information content (AvgIpc) is 2.56. The molecule has 3 rings (SSSR count). The maximum Gasteiger partial charge on any atom is 0.135 e. The van der Waals surface area contributed by atoms with Crippen molar-refractivity contribution in [1.29, 1.82) is 0 Å². The molecule has 0 bridgehead atoms. The van der Waals surface area contributed by atoms with Gasteiger partial charge in [-0.15, -0.1) is 0 Å². The molecule has 0 aliphatic carbocycles. The number of hydrogen-bond donors (Lipinski definition) is 1. The zero-order valence-corrected chi connectivity index (χ0v) is 12.5. The van der Waals surface area contributed by atoms with E-state index >= 15 is 0 Å². The van der Waals surface area contributed by atoms with Gasteiger partial charge in [-0.1, -0.05) is 18.2 Å². The van der Waals surface area contributed by atoms with E-state index in [1.54, 1.807) is 19.4 Å². The second kappa shape index (κ2) is 6.49. The lowest BCUT2D eigenvalue weighted by atomic mass is 10.2. The Balaban J connectivity index is 1.67. The highest BCUT2D eigenvalue weighted by molar-refractivity contribution is 5.50. The summed E-state index contributed by atoms with van der Waals surface area (Å²) in [5.74, 6) is 1.05. The zero-order chi connectivity index (χ0) is 15.4. The summed E-state index contributed by atoms with van der Waals surface area (Å²) in [5, 5.41) is 9.56. The summed E-state index contributed by atoms with van der Waals surface area (Å²) in [4.78, 5) is 8.41. The molecular formula is C17H19N3O2. The van der Waals surface area contributed by atoms with E-state index in [1.165, 1.54) is 11.8 Å². The van der Waals surface area contributed by atoms with Gasteiger partial charge in [0.2, 0.25) is 0 Å². The van der Waals surface area contributed by atoms with Crippen molar-refractivity contribution in [1.82, 2.24) is 9.88 Å². The molecule has 1 aliphatic rings. The van der Waals surface area contributed by atoms with Crippen molar-refractivity contribution < 1.29 is 9.84 Å². The Kier molecular flexibility index (Phi) is 4.25. The lowest BCUT2D eigenvalue weighted by molar-refractivity contribution is 0.291. The lowest BCUT2D eigenvalue weighted by Gasteiger charge is -2.32. The molecule has 0 saturated carbocycles. The van der Waals surface area contributed by atoms with Crippen molar-refractivity contribution in [2.24, 2.45) is 0 Å². The van der Waals surface area contributed by atoms with Crippen LogP contribution in [-0.2, 0) is 6.54 Å². The fourth-order valence-corrected chi connectivity index (χ4v) is 2.49. The summed E-state index contributed by atoms with van der Waals surface area (Å²) < 4.78 is 5.18. The van der Waals surface area contributed by atoms with Crippen LogP contribution in [0, 0.1) is 0 Å². The van der Waals surface area contributed by atoms with Crippen molar-refractivity contribution in [3.8, 4) is 11.5 Å². The molecule has 2 heterocycles. The molecule has 0 spiro atoms. The van der Waals surface area contributed by atoms with Gasteiger partial charge in [0, 0.05) is 25.4 Å². The number of methoxy groups -OCH3 is 1. The molecular weight excluding hydrogens is 278 g/mol. The first-order chi connectivity index (χ1) is 10.7. The number of aromatic nitrogens is 1. The van der Waals surface area contributed by atoms with E-state index in [0.29, 0.717) is 0 Å². The molecule has 114 valence electrons. The molecule has 0 unspecified atom stereocenters. The van der Waals surface area contributed by atoms with E-state index in [4.69, 9.17) is 4.74 Å². The van der Waals surface area contributed by atoms with Gasteiger partial charge in [0.25, 0.3) is 0 Å². The minimum atomic E-state index is 0.179. The van der Waals surface area contributed by atoms with Gasteiger partial charge in [0.1, 0.15) is 11.5 Å². The summed E-state index contributed by atoms with van der Waals surface area (Å²) in [7, 11) is 1.67. The fraction of sp³-hybridized carbons (Fsp3) is 0.235. The predicted molar refractivity (Wildman–Crippen MR) is 85.8 cm³/mol. The number of benzene rings is 1. The second-order valence-corrected chi connectivity index (χ2v) is 5.26. The molecule has 0 fully saturated rings. The topological polar surface area (TPSA) is 48.8 Å². The Morgan fingerprint density at radius 1 is 1.23 bits per heavy atom. The molecule has 1 N–H and O–H groups in total. The van der Waals surface area contributed by atoms with Gasteiger partial charge in [-0.2, -0.15) is 0 Å². The highest BCUT2D eigenvalue weighted by Crippen LogP contribution is 2.21. The summed E-state index contributed by atoms with van der Waals surface area (Å²) in [6.45, 7) is 2.51. The van der Waals surface area contributed by atoms with Crippen LogP contribution in [0.15, 0.2) is 55.0 Å². The van der Waals surface area contributed by atoms with E-state index in [9.17, 15) is 5.11 Å².